The number of aliphatic imine (C=N–C) groups is 1. The van der Waals surface area contributed by atoms with Crippen LogP contribution in [0.4, 0.5) is 0 Å². The van der Waals surface area contributed by atoms with Gasteiger partial charge in [-0.3, -0.25) is 0 Å². The Morgan fingerprint density at radius 2 is 1.87 bits per heavy atom. The Morgan fingerprint density at radius 1 is 1.22 bits per heavy atom. The van der Waals surface area contributed by atoms with E-state index in [-0.39, 0.29) is 24.0 Å². The zero-order chi connectivity index (χ0) is 15.8. The van der Waals surface area contributed by atoms with E-state index in [4.69, 9.17) is 4.74 Å². The number of halogens is 1. The summed E-state index contributed by atoms with van der Waals surface area (Å²) in [6, 6.07) is 8.37. The van der Waals surface area contributed by atoms with Gasteiger partial charge in [-0.1, -0.05) is 29.8 Å². The van der Waals surface area contributed by atoms with Gasteiger partial charge in [-0.2, -0.15) is 0 Å². The van der Waals surface area contributed by atoms with Crippen molar-refractivity contribution < 1.29 is 9.84 Å². The lowest BCUT2D eigenvalue weighted by molar-refractivity contribution is -0.0594. The van der Waals surface area contributed by atoms with Gasteiger partial charge in [0.05, 0.1) is 12.1 Å². The van der Waals surface area contributed by atoms with Crippen molar-refractivity contribution in [3.8, 4) is 0 Å². The van der Waals surface area contributed by atoms with Crippen molar-refractivity contribution in [2.75, 3.05) is 26.3 Å². The number of aryl methyl sites for hydroxylation is 1. The summed E-state index contributed by atoms with van der Waals surface area (Å²) in [7, 11) is 0. The van der Waals surface area contributed by atoms with Gasteiger partial charge in [0, 0.05) is 39.1 Å². The van der Waals surface area contributed by atoms with Crippen molar-refractivity contribution in [3.63, 3.8) is 0 Å². The van der Waals surface area contributed by atoms with Crippen LogP contribution >= 0.6 is 24.0 Å². The molecule has 1 aromatic carbocycles. The molecule has 0 spiro atoms. The zero-order valence-corrected chi connectivity index (χ0v) is 16.3. The minimum absolute atomic E-state index is 0. The second kappa shape index (κ2) is 10.1. The Labute approximate surface area is 155 Å². The van der Waals surface area contributed by atoms with Crippen molar-refractivity contribution >= 4 is 29.9 Å². The molecule has 1 saturated heterocycles. The van der Waals surface area contributed by atoms with Crippen LogP contribution < -0.4 is 10.6 Å². The number of hydrogen-bond acceptors (Lipinski definition) is 3. The van der Waals surface area contributed by atoms with E-state index in [1.807, 2.05) is 6.92 Å². The topological polar surface area (TPSA) is 65.9 Å². The fraction of sp³-hybridized carbons (Fsp3) is 0.588. The molecule has 23 heavy (non-hydrogen) atoms. The monoisotopic (exact) mass is 433 g/mol. The summed E-state index contributed by atoms with van der Waals surface area (Å²) in [6.07, 6.45) is 1.33. The molecule has 130 valence electrons. The van der Waals surface area contributed by atoms with Crippen LogP contribution in [0.1, 0.15) is 30.9 Å². The molecule has 0 amide bonds. The first-order valence-corrected chi connectivity index (χ1v) is 7.99. The van der Waals surface area contributed by atoms with Gasteiger partial charge in [0.15, 0.2) is 5.96 Å². The lowest BCUT2D eigenvalue weighted by Gasteiger charge is -2.32. The smallest absolute Gasteiger partial charge is 0.191 e. The van der Waals surface area contributed by atoms with E-state index in [1.165, 1.54) is 11.1 Å². The Bertz CT molecular complexity index is 485. The van der Waals surface area contributed by atoms with E-state index in [0.29, 0.717) is 39.1 Å². The molecule has 1 heterocycles. The lowest BCUT2D eigenvalue weighted by Crippen LogP contribution is -2.49. The van der Waals surface area contributed by atoms with Crippen molar-refractivity contribution in [2.24, 2.45) is 4.99 Å². The summed E-state index contributed by atoms with van der Waals surface area (Å²) in [5.74, 6) is 0.739. The molecule has 0 aliphatic carbocycles. The normalized spacial score (nSPS) is 17.3. The third-order valence-electron chi connectivity index (χ3n) is 3.89. The molecule has 3 N–H and O–H groups in total. The number of aliphatic hydroxyl groups is 1. The molecule has 0 bridgehead atoms. The van der Waals surface area contributed by atoms with Gasteiger partial charge in [-0.15, -0.1) is 24.0 Å². The molecular weight excluding hydrogens is 405 g/mol. The van der Waals surface area contributed by atoms with Crippen LogP contribution in [-0.2, 0) is 11.3 Å². The molecule has 2 rings (SSSR count). The maximum atomic E-state index is 10.5. The molecule has 1 aliphatic heterocycles. The largest absolute Gasteiger partial charge is 0.388 e. The highest BCUT2D eigenvalue weighted by Gasteiger charge is 2.29. The molecule has 5 nitrogen and oxygen atoms in total. The molecule has 1 aliphatic rings. The van der Waals surface area contributed by atoms with Gasteiger partial charge in [-0.25, -0.2) is 4.99 Å². The predicted molar refractivity (Wildman–Crippen MR) is 104 cm³/mol. The first kappa shape index (κ1) is 20.2. The first-order valence-electron chi connectivity index (χ1n) is 7.99. The number of ether oxygens (including phenoxy) is 1. The second-order valence-corrected chi connectivity index (χ2v) is 5.87. The number of rotatable bonds is 5. The fourth-order valence-corrected chi connectivity index (χ4v) is 2.38. The van der Waals surface area contributed by atoms with Crippen molar-refractivity contribution in [1.82, 2.24) is 10.6 Å². The second-order valence-electron chi connectivity index (χ2n) is 5.87. The standard InChI is InChI=1S/C17H27N3O2.HI/c1-3-18-16(19-12-15-6-4-14(2)5-7-15)20-13-17(21)8-10-22-11-9-17;/h4-7,21H,3,8-13H2,1-2H3,(H2,18,19,20);1H. The summed E-state index contributed by atoms with van der Waals surface area (Å²) in [5.41, 5.74) is 1.73. The molecule has 0 unspecified atom stereocenters. The third kappa shape index (κ3) is 7.05. The highest BCUT2D eigenvalue weighted by Crippen LogP contribution is 2.19. The van der Waals surface area contributed by atoms with Crippen LogP contribution in [0.25, 0.3) is 0 Å². The van der Waals surface area contributed by atoms with Crippen LogP contribution in [-0.4, -0.2) is 43.0 Å². The van der Waals surface area contributed by atoms with Gasteiger partial charge in [0.25, 0.3) is 0 Å². The molecule has 0 saturated carbocycles. The Morgan fingerprint density at radius 3 is 2.48 bits per heavy atom. The average Bonchev–Trinajstić information content (AvgIpc) is 2.52. The highest BCUT2D eigenvalue weighted by atomic mass is 127. The van der Waals surface area contributed by atoms with Crippen LogP contribution in [0.5, 0.6) is 0 Å². The minimum atomic E-state index is -0.696. The zero-order valence-electron chi connectivity index (χ0n) is 14.0. The van der Waals surface area contributed by atoms with E-state index < -0.39 is 5.60 Å². The fourth-order valence-electron chi connectivity index (χ4n) is 2.38. The summed E-state index contributed by atoms with van der Waals surface area (Å²) in [5, 5.41) is 16.9. The quantitative estimate of drug-likeness (QED) is 0.379. The van der Waals surface area contributed by atoms with Gasteiger partial charge in [0.2, 0.25) is 0 Å². The number of nitrogens with zero attached hydrogens (tertiary/aromatic N) is 1. The minimum Gasteiger partial charge on any atom is -0.388 e. The van der Waals surface area contributed by atoms with Crippen molar-refractivity contribution in [1.29, 1.82) is 0 Å². The average molecular weight is 433 g/mol. The van der Waals surface area contributed by atoms with Crippen molar-refractivity contribution in [2.45, 2.75) is 38.8 Å². The van der Waals surface area contributed by atoms with Gasteiger partial charge in [0.1, 0.15) is 0 Å². The Balaban J connectivity index is 0.00000264. The summed E-state index contributed by atoms with van der Waals surface area (Å²) in [4.78, 5) is 4.58. The predicted octanol–water partition coefficient (Wildman–Crippen LogP) is 2.21. The van der Waals surface area contributed by atoms with E-state index >= 15 is 0 Å². The summed E-state index contributed by atoms with van der Waals surface area (Å²) in [6.45, 7) is 7.26. The SMILES string of the molecule is CCNC(=NCc1ccc(C)cc1)NCC1(O)CCOCC1.I. The number of benzene rings is 1. The third-order valence-corrected chi connectivity index (χ3v) is 3.89. The maximum Gasteiger partial charge on any atom is 0.191 e. The van der Waals surface area contributed by atoms with E-state index in [0.717, 1.165) is 12.5 Å². The highest BCUT2D eigenvalue weighted by molar-refractivity contribution is 14.0. The van der Waals surface area contributed by atoms with Crippen molar-refractivity contribution in [3.05, 3.63) is 35.4 Å². The lowest BCUT2D eigenvalue weighted by atomic mass is 9.94. The molecule has 1 aromatic rings. The van der Waals surface area contributed by atoms with Gasteiger partial charge >= 0.3 is 0 Å². The number of hydrogen-bond donors (Lipinski definition) is 3. The molecule has 1 fully saturated rings. The Kier molecular flexibility index (Phi) is 8.86. The van der Waals surface area contributed by atoms with Gasteiger partial charge < -0.3 is 20.5 Å². The number of nitrogens with one attached hydrogen (secondary N) is 2. The van der Waals surface area contributed by atoms with Crippen LogP contribution in [0.3, 0.4) is 0 Å². The first-order chi connectivity index (χ1) is 10.6. The van der Waals surface area contributed by atoms with E-state index in [9.17, 15) is 5.11 Å². The molecule has 0 aromatic heterocycles. The summed E-state index contributed by atoms with van der Waals surface area (Å²) < 4.78 is 5.30. The maximum absolute atomic E-state index is 10.5. The van der Waals surface area contributed by atoms with Crippen LogP contribution in [0.2, 0.25) is 0 Å². The van der Waals surface area contributed by atoms with Crippen LogP contribution in [0.15, 0.2) is 29.3 Å². The molecular formula is C17H28IN3O2. The molecule has 0 radical (unpaired) electrons. The van der Waals surface area contributed by atoms with Crippen LogP contribution in [0, 0.1) is 6.92 Å². The van der Waals surface area contributed by atoms with E-state index in [2.05, 4.69) is 46.8 Å². The van der Waals surface area contributed by atoms with E-state index in [1.54, 1.807) is 0 Å². The molecule has 0 atom stereocenters. The summed E-state index contributed by atoms with van der Waals surface area (Å²) >= 11 is 0. The molecule has 6 heteroatoms. The van der Waals surface area contributed by atoms with Gasteiger partial charge in [-0.05, 0) is 19.4 Å². The Hall–Kier alpha value is -0.860. The number of guanidine groups is 1.